The Hall–Kier alpha value is -3.03. The van der Waals surface area contributed by atoms with Crippen LogP contribution in [0.25, 0.3) is 11.4 Å². The topological polar surface area (TPSA) is 57.4 Å². The fourth-order valence-electron chi connectivity index (χ4n) is 1.93. The summed E-state index contributed by atoms with van der Waals surface area (Å²) in [6, 6.07) is 13.3. The molecule has 0 amide bonds. The normalized spacial score (nSPS) is 11.3. The molecule has 124 valence electrons. The lowest BCUT2D eigenvalue weighted by Gasteiger charge is -2.07. The van der Waals surface area contributed by atoms with Crippen LogP contribution in [0.15, 0.2) is 53.1 Å². The monoisotopic (exact) mass is 336 g/mol. The van der Waals surface area contributed by atoms with Crippen LogP contribution in [0, 0.1) is 0 Å². The highest BCUT2D eigenvalue weighted by atomic mass is 19.4. The third-order valence-electron chi connectivity index (χ3n) is 3.06. The van der Waals surface area contributed by atoms with Crippen LogP contribution in [0.2, 0.25) is 0 Å². The number of nitrogens with zero attached hydrogens (tertiary/aromatic N) is 2. The highest BCUT2D eigenvalue weighted by molar-refractivity contribution is 5.57. The maximum Gasteiger partial charge on any atom is 0.471 e. The van der Waals surface area contributed by atoms with E-state index >= 15 is 0 Å². The van der Waals surface area contributed by atoms with Crippen LogP contribution in [0.3, 0.4) is 0 Å². The number of hydrogen-bond donors (Lipinski definition) is 0. The van der Waals surface area contributed by atoms with E-state index in [1.165, 1.54) is 6.07 Å². The SMILES string of the molecule is COc1ccc(Oc2cccc(-c3noc(C(F)(F)F)n3)c2)cc1. The van der Waals surface area contributed by atoms with Gasteiger partial charge in [-0.05, 0) is 36.4 Å². The van der Waals surface area contributed by atoms with Gasteiger partial charge in [-0.1, -0.05) is 17.3 Å². The predicted octanol–water partition coefficient (Wildman–Crippen LogP) is 4.56. The summed E-state index contributed by atoms with van der Waals surface area (Å²) in [6.45, 7) is 0. The quantitative estimate of drug-likeness (QED) is 0.699. The minimum absolute atomic E-state index is 0.164. The first kappa shape index (κ1) is 15.9. The molecule has 2 aromatic carbocycles. The Kier molecular flexibility index (Phi) is 4.11. The Morgan fingerprint density at radius 3 is 2.29 bits per heavy atom. The minimum Gasteiger partial charge on any atom is -0.497 e. The van der Waals surface area contributed by atoms with Crippen LogP contribution in [0.4, 0.5) is 13.2 Å². The summed E-state index contributed by atoms with van der Waals surface area (Å²) in [7, 11) is 1.56. The van der Waals surface area contributed by atoms with Crippen molar-refractivity contribution in [3.8, 4) is 28.6 Å². The van der Waals surface area contributed by atoms with Gasteiger partial charge >= 0.3 is 12.1 Å². The highest BCUT2D eigenvalue weighted by Crippen LogP contribution is 2.31. The third-order valence-corrected chi connectivity index (χ3v) is 3.06. The molecule has 0 atom stereocenters. The van der Waals surface area contributed by atoms with Crippen molar-refractivity contribution in [1.82, 2.24) is 10.1 Å². The highest BCUT2D eigenvalue weighted by Gasteiger charge is 2.38. The fourth-order valence-corrected chi connectivity index (χ4v) is 1.93. The Labute approximate surface area is 134 Å². The van der Waals surface area contributed by atoms with Gasteiger partial charge in [-0.15, -0.1) is 0 Å². The second-order valence-corrected chi connectivity index (χ2v) is 4.73. The van der Waals surface area contributed by atoms with Gasteiger partial charge in [-0.2, -0.15) is 18.2 Å². The summed E-state index contributed by atoms with van der Waals surface area (Å²) in [5.74, 6) is 0.108. The zero-order chi connectivity index (χ0) is 17.2. The van der Waals surface area contributed by atoms with E-state index in [0.717, 1.165) is 0 Å². The maximum absolute atomic E-state index is 12.5. The Balaban J connectivity index is 1.82. The molecule has 0 fully saturated rings. The molecule has 1 aromatic heterocycles. The second-order valence-electron chi connectivity index (χ2n) is 4.73. The van der Waals surface area contributed by atoms with Gasteiger partial charge in [0, 0.05) is 5.56 Å². The van der Waals surface area contributed by atoms with Crippen molar-refractivity contribution in [2.75, 3.05) is 7.11 Å². The van der Waals surface area contributed by atoms with E-state index < -0.39 is 12.1 Å². The molecule has 0 radical (unpaired) electrons. The van der Waals surface area contributed by atoms with E-state index in [0.29, 0.717) is 22.8 Å². The van der Waals surface area contributed by atoms with E-state index in [2.05, 4.69) is 14.7 Å². The van der Waals surface area contributed by atoms with E-state index in [9.17, 15) is 13.2 Å². The molecule has 0 unspecified atom stereocenters. The predicted molar refractivity (Wildman–Crippen MR) is 77.8 cm³/mol. The van der Waals surface area contributed by atoms with Gasteiger partial charge in [-0.25, -0.2) is 0 Å². The van der Waals surface area contributed by atoms with Gasteiger partial charge in [0.25, 0.3) is 0 Å². The van der Waals surface area contributed by atoms with Gasteiger partial charge in [-0.3, -0.25) is 0 Å². The van der Waals surface area contributed by atoms with Crippen molar-refractivity contribution in [3.05, 3.63) is 54.4 Å². The smallest absolute Gasteiger partial charge is 0.471 e. The fraction of sp³-hybridized carbons (Fsp3) is 0.125. The van der Waals surface area contributed by atoms with Gasteiger partial charge < -0.3 is 14.0 Å². The zero-order valence-corrected chi connectivity index (χ0v) is 12.4. The van der Waals surface area contributed by atoms with Crippen LogP contribution < -0.4 is 9.47 Å². The molecule has 0 spiro atoms. The first-order chi connectivity index (χ1) is 11.5. The molecule has 0 saturated carbocycles. The first-order valence-electron chi connectivity index (χ1n) is 6.79. The Morgan fingerprint density at radius 1 is 0.958 bits per heavy atom. The summed E-state index contributed by atoms with van der Waals surface area (Å²) >= 11 is 0. The number of benzene rings is 2. The number of hydrogen-bond acceptors (Lipinski definition) is 5. The average molecular weight is 336 g/mol. The summed E-state index contributed by atoms with van der Waals surface area (Å²) in [5.41, 5.74) is 0.347. The number of ether oxygens (including phenoxy) is 2. The number of aromatic nitrogens is 2. The third kappa shape index (κ3) is 3.48. The standard InChI is InChI=1S/C16H11F3N2O3/c1-22-11-5-7-12(8-6-11)23-13-4-2-3-10(9-13)14-20-15(24-21-14)16(17,18)19/h2-9H,1H3. The van der Waals surface area contributed by atoms with Crippen molar-refractivity contribution in [1.29, 1.82) is 0 Å². The zero-order valence-electron chi connectivity index (χ0n) is 12.4. The van der Waals surface area contributed by atoms with Crippen molar-refractivity contribution in [2.24, 2.45) is 0 Å². The van der Waals surface area contributed by atoms with E-state index in [4.69, 9.17) is 9.47 Å². The van der Waals surface area contributed by atoms with Crippen LogP contribution in [-0.4, -0.2) is 17.3 Å². The van der Waals surface area contributed by atoms with Gasteiger partial charge in [0.15, 0.2) is 0 Å². The second kappa shape index (κ2) is 6.23. The van der Waals surface area contributed by atoms with E-state index in [1.54, 1.807) is 49.6 Å². The van der Waals surface area contributed by atoms with Crippen LogP contribution >= 0.6 is 0 Å². The van der Waals surface area contributed by atoms with Crippen LogP contribution in [-0.2, 0) is 6.18 Å². The van der Waals surface area contributed by atoms with Gasteiger partial charge in [0.05, 0.1) is 7.11 Å². The molecule has 5 nitrogen and oxygen atoms in total. The van der Waals surface area contributed by atoms with Crippen molar-refractivity contribution in [3.63, 3.8) is 0 Å². The Bertz CT molecular complexity index is 829. The number of alkyl halides is 3. The lowest BCUT2D eigenvalue weighted by atomic mass is 10.2. The van der Waals surface area contributed by atoms with E-state index in [1.807, 2.05) is 0 Å². The van der Waals surface area contributed by atoms with Crippen LogP contribution in [0.5, 0.6) is 17.2 Å². The number of rotatable bonds is 4. The molecule has 0 saturated heterocycles. The lowest BCUT2D eigenvalue weighted by Crippen LogP contribution is -2.04. The largest absolute Gasteiger partial charge is 0.497 e. The van der Waals surface area contributed by atoms with Gasteiger partial charge in [0.1, 0.15) is 17.2 Å². The van der Waals surface area contributed by atoms with Crippen molar-refractivity contribution in [2.45, 2.75) is 6.18 Å². The molecule has 8 heteroatoms. The molecule has 3 rings (SSSR count). The summed E-state index contributed by atoms with van der Waals surface area (Å²) in [4.78, 5) is 3.35. The summed E-state index contributed by atoms with van der Waals surface area (Å²) in [5, 5.41) is 3.35. The number of halogens is 3. The first-order valence-corrected chi connectivity index (χ1v) is 6.79. The van der Waals surface area contributed by atoms with Gasteiger partial charge in [0.2, 0.25) is 5.82 Å². The average Bonchev–Trinajstić information content (AvgIpc) is 3.06. The molecule has 1 heterocycles. The molecule has 3 aromatic rings. The number of methoxy groups -OCH3 is 1. The molecule has 0 N–H and O–H groups in total. The summed E-state index contributed by atoms with van der Waals surface area (Å²) in [6.07, 6.45) is -4.68. The molecule has 24 heavy (non-hydrogen) atoms. The lowest BCUT2D eigenvalue weighted by molar-refractivity contribution is -0.159. The molecule has 0 bridgehead atoms. The van der Waals surface area contributed by atoms with Crippen LogP contribution in [0.1, 0.15) is 5.89 Å². The van der Waals surface area contributed by atoms with Crippen molar-refractivity contribution >= 4 is 0 Å². The maximum atomic E-state index is 12.5. The summed E-state index contributed by atoms with van der Waals surface area (Å²) < 4.78 is 52.5. The Morgan fingerprint density at radius 2 is 1.67 bits per heavy atom. The van der Waals surface area contributed by atoms with Crippen molar-refractivity contribution < 1.29 is 27.2 Å². The van der Waals surface area contributed by atoms with E-state index in [-0.39, 0.29) is 5.82 Å². The molecular formula is C16H11F3N2O3. The molecule has 0 aliphatic rings. The molecule has 0 aliphatic heterocycles. The minimum atomic E-state index is -4.68. The molecular weight excluding hydrogens is 325 g/mol. The molecule has 0 aliphatic carbocycles.